The summed E-state index contributed by atoms with van der Waals surface area (Å²) in [5.74, 6) is 0.954. The highest BCUT2D eigenvalue weighted by atomic mass is 32.1. The second-order valence-electron chi connectivity index (χ2n) is 6.44. The van der Waals surface area contributed by atoms with Crippen LogP contribution in [0.4, 0.5) is 0 Å². The summed E-state index contributed by atoms with van der Waals surface area (Å²) in [6, 6.07) is 16.3. The van der Waals surface area contributed by atoms with Gasteiger partial charge >= 0.3 is 0 Å². The standard InChI is InChI=1S/C10H11NO.C10H11NS/c2*1-7(2)10-8-5-3-4-6-9(8)12-11-10/h2*3-7H,1-2H3. The summed E-state index contributed by atoms with van der Waals surface area (Å²) in [5, 5.41) is 6.47. The summed E-state index contributed by atoms with van der Waals surface area (Å²) in [6.07, 6.45) is 0. The Hall–Kier alpha value is -2.20. The third-order valence-corrected chi connectivity index (χ3v) is 4.75. The van der Waals surface area contributed by atoms with E-state index < -0.39 is 0 Å². The van der Waals surface area contributed by atoms with Crippen LogP contribution >= 0.6 is 11.5 Å². The number of benzene rings is 2. The fourth-order valence-corrected chi connectivity index (χ4v) is 3.56. The minimum absolute atomic E-state index is 0.425. The van der Waals surface area contributed by atoms with Gasteiger partial charge < -0.3 is 4.52 Å². The number of aromatic nitrogens is 2. The Kier molecular flexibility index (Phi) is 4.95. The zero-order valence-electron chi connectivity index (χ0n) is 14.5. The molecule has 4 aromatic rings. The van der Waals surface area contributed by atoms with Crippen molar-refractivity contribution >= 4 is 32.6 Å². The Morgan fingerprint density at radius 1 is 0.792 bits per heavy atom. The van der Waals surface area contributed by atoms with Crippen LogP contribution in [-0.4, -0.2) is 9.53 Å². The predicted octanol–water partition coefficient (Wildman–Crippen LogP) is 6.37. The summed E-state index contributed by atoms with van der Waals surface area (Å²) in [7, 11) is 0. The van der Waals surface area contributed by atoms with E-state index in [-0.39, 0.29) is 0 Å². The molecule has 0 atom stereocenters. The third-order valence-electron chi connectivity index (χ3n) is 3.90. The highest BCUT2D eigenvalue weighted by Crippen LogP contribution is 2.27. The van der Waals surface area contributed by atoms with Crippen molar-refractivity contribution < 1.29 is 4.52 Å². The van der Waals surface area contributed by atoms with Gasteiger partial charge in [-0.05, 0) is 41.6 Å². The molecule has 4 heteroatoms. The Bertz CT molecular complexity index is 859. The Morgan fingerprint density at radius 2 is 1.42 bits per heavy atom. The van der Waals surface area contributed by atoms with Crippen molar-refractivity contribution in [2.45, 2.75) is 39.5 Å². The van der Waals surface area contributed by atoms with Crippen LogP contribution in [0.3, 0.4) is 0 Å². The fraction of sp³-hybridized carbons (Fsp3) is 0.300. The molecule has 0 aliphatic rings. The molecular weight excluding hydrogens is 316 g/mol. The van der Waals surface area contributed by atoms with Crippen molar-refractivity contribution in [1.82, 2.24) is 9.53 Å². The summed E-state index contributed by atoms with van der Waals surface area (Å²) >= 11 is 1.59. The predicted molar refractivity (Wildman–Crippen MR) is 102 cm³/mol. The van der Waals surface area contributed by atoms with Crippen LogP contribution in [0.5, 0.6) is 0 Å². The Balaban J connectivity index is 0.000000141. The van der Waals surface area contributed by atoms with Crippen molar-refractivity contribution in [3.05, 3.63) is 59.9 Å². The molecule has 4 rings (SSSR count). The number of nitrogens with zero attached hydrogens (tertiary/aromatic N) is 2. The van der Waals surface area contributed by atoms with E-state index in [1.807, 2.05) is 24.3 Å². The molecule has 3 nitrogen and oxygen atoms in total. The first kappa shape index (κ1) is 16.7. The molecule has 0 bridgehead atoms. The quantitative estimate of drug-likeness (QED) is 0.426. The molecule has 0 aliphatic heterocycles. The maximum atomic E-state index is 5.16. The molecule has 0 saturated heterocycles. The van der Waals surface area contributed by atoms with Crippen LogP contribution in [-0.2, 0) is 0 Å². The molecule has 24 heavy (non-hydrogen) atoms. The van der Waals surface area contributed by atoms with Gasteiger partial charge in [0.05, 0.1) is 16.1 Å². The monoisotopic (exact) mass is 338 g/mol. The van der Waals surface area contributed by atoms with Crippen LogP contribution in [0.1, 0.15) is 50.9 Å². The maximum absolute atomic E-state index is 5.16. The molecule has 0 amide bonds. The first-order chi connectivity index (χ1) is 11.6. The highest BCUT2D eigenvalue weighted by molar-refractivity contribution is 7.13. The van der Waals surface area contributed by atoms with Crippen LogP contribution in [0.2, 0.25) is 0 Å². The van der Waals surface area contributed by atoms with E-state index in [4.69, 9.17) is 4.52 Å². The van der Waals surface area contributed by atoms with Crippen LogP contribution in [0.25, 0.3) is 21.1 Å². The van der Waals surface area contributed by atoms with E-state index in [1.165, 1.54) is 15.8 Å². The smallest absolute Gasteiger partial charge is 0.167 e. The van der Waals surface area contributed by atoms with Gasteiger partial charge in [-0.2, -0.15) is 4.37 Å². The largest absolute Gasteiger partial charge is 0.356 e. The molecule has 2 aromatic carbocycles. The van der Waals surface area contributed by atoms with Crippen molar-refractivity contribution in [3.63, 3.8) is 0 Å². The maximum Gasteiger partial charge on any atom is 0.167 e. The summed E-state index contributed by atoms with van der Waals surface area (Å²) in [4.78, 5) is 0. The van der Waals surface area contributed by atoms with E-state index in [9.17, 15) is 0 Å². The number of fused-ring (bicyclic) bond motifs is 2. The second-order valence-corrected chi connectivity index (χ2v) is 7.24. The normalized spacial score (nSPS) is 11.2. The molecule has 2 aromatic heterocycles. The summed E-state index contributed by atoms with van der Waals surface area (Å²) < 4.78 is 10.9. The molecular formula is C20H22N2OS. The molecule has 0 fully saturated rings. The van der Waals surface area contributed by atoms with E-state index in [0.29, 0.717) is 11.8 Å². The van der Waals surface area contributed by atoms with E-state index in [0.717, 1.165) is 16.7 Å². The van der Waals surface area contributed by atoms with Gasteiger partial charge in [0.1, 0.15) is 0 Å². The van der Waals surface area contributed by atoms with Gasteiger partial charge in [0.2, 0.25) is 0 Å². The van der Waals surface area contributed by atoms with Crippen LogP contribution in [0.15, 0.2) is 53.1 Å². The van der Waals surface area contributed by atoms with Crippen molar-refractivity contribution in [2.75, 3.05) is 0 Å². The fourth-order valence-electron chi connectivity index (χ4n) is 2.64. The number of hydrogen-bond donors (Lipinski definition) is 0. The third kappa shape index (κ3) is 3.34. The molecule has 0 saturated carbocycles. The van der Waals surface area contributed by atoms with Crippen molar-refractivity contribution in [1.29, 1.82) is 0 Å². The van der Waals surface area contributed by atoms with Gasteiger partial charge in [-0.3, -0.25) is 0 Å². The minimum atomic E-state index is 0.425. The molecule has 0 unspecified atom stereocenters. The average molecular weight is 338 g/mol. The Labute approximate surface area is 146 Å². The lowest BCUT2D eigenvalue weighted by Crippen LogP contribution is -1.86. The van der Waals surface area contributed by atoms with Crippen molar-refractivity contribution in [3.8, 4) is 0 Å². The lowest BCUT2D eigenvalue weighted by atomic mass is 10.1. The first-order valence-electron chi connectivity index (χ1n) is 8.26. The van der Waals surface area contributed by atoms with Gasteiger partial charge in [0.15, 0.2) is 5.58 Å². The van der Waals surface area contributed by atoms with E-state index in [2.05, 4.69) is 61.5 Å². The number of hydrogen-bond acceptors (Lipinski definition) is 4. The first-order valence-corrected chi connectivity index (χ1v) is 9.04. The van der Waals surface area contributed by atoms with E-state index in [1.54, 1.807) is 11.5 Å². The van der Waals surface area contributed by atoms with Gasteiger partial charge in [-0.25, -0.2) is 0 Å². The molecule has 0 aliphatic carbocycles. The van der Waals surface area contributed by atoms with Gasteiger partial charge in [0.25, 0.3) is 0 Å². The van der Waals surface area contributed by atoms with Crippen LogP contribution < -0.4 is 0 Å². The molecule has 124 valence electrons. The molecule has 0 spiro atoms. The van der Waals surface area contributed by atoms with E-state index >= 15 is 0 Å². The lowest BCUT2D eigenvalue weighted by molar-refractivity contribution is 0.441. The van der Waals surface area contributed by atoms with Gasteiger partial charge in [-0.15, -0.1) is 0 Å². The molecule has 0 N–H and O–H groups in total. The number of rotatable bonds is 2. The zero-order chi connectivity index (χ0) is 17.1. The summed E-state index contributed by atoms with van der Waals surface area (Å²) in [6.45, 7) is 8.59. The molecule has 0 radical (unpaired) electrons. The Morgan fingerprint density at radius 3 is 2.12 bits per heavy atom. The SMILES string of the molecule is CC(C)c1noc2ccccc12.CC(C)c1nsc2ccccc12. The zero-order valence-corrected chi connectivity index (χ0v) is 15.3. The van der Waals surface area contributed by atoms with Gasteiger partial charge in [0, 0.05) is 10.8 Å². The van der Waals surface area contributed by atoms with Gasteiger partial charge in [-0.1, -0.05) is 63.2 Å². The highest BCUT2D eigenvalue weighted by Gasteiger charge is 2.09. The summed E-state index contributed by atoms with van der Waals surface area (Å²) in [5.41, 5.74) is 3.16. The average Bonchev–Trinajstić information content (AvgIpc) is 3.19. The van der Waals surface area contributed by atoms with Crippen molar-refractivity contribution in [2.24, 2.45) is 0 Å². The lowest BCUT2D eigenvalue weighted by Gasteiger charge is -1.98. The second kappa shape index (κ2) is 7.14. The minimum Gasteiger partial charge on any atom is -0.356 e. The van der Waals surface area contributed by atoms with Crippen LogP contribution in [0, 0.1) is 0 Å². The molecule has 2 heterocycles. The number of para-hydroxylation sites is 1. The topological polar surface area (TPSA) is 38.9 Å².